The van der Waals surface area contributed by atoms with Gasteiger partial charge in [0.05, 0.1) is 13.2 Å². The molecule has 0 aromatic heterocycles. The van der Waals surface area contributed by atoms with Crippen molar-refractivity contribution in [3.05, 3.63) is 0 Å². The van der Waals surface area contributed by atoms with Crippen LogP contribution in [0.2, 0.25) is 0 Å². The van der Waals surface area contributed by atoms with Crippen molar-refractivity contribution in [1.82, 2.24) is 12.3 Å². The third-order valence-electron chi connectivity index (χ3n) is 2.50. The average molecular weight is 401 g/mol. The van der Waals surface area contributed by atoms with Crippen LogP contribution in [0.1, 0.15) is 51.4 Å². The summed E-state index contributed by atoms with van der Waals surface area (Å²) >= 11 is 8.38. The summed E-state index contributed by atoms with van der Waals surface area (Å²) in [4.78, 5) is 0. The molecule has 0 amide bonds. The van der Waals surface area contributed by atoms with Gasteiger partial charge in [0.25, 0.3) is 18.1 Å². The van der Waals surface area contributed by atoms with Crippen molar-refractivity contribution in [2.75, 3.05) is 13.2 Å². The molecule has 8 nitrogen and oxygen atoms in total. The third kappa shape index (κ3) is 25.5. The van der Waals surface area contributed by atoms with Crippen LogP contribution in [-0.2, 0) is 48.8 Å². The Hall–Kier alpha value is 0.500. The van der Waals surface area contributed by atoms with Gasteiger partial charge >= 0.3 is 0 Å². The maximum absolute atomic E-state index is 10.6. The molecule has 0 aliphatic heterocycles. The van der Waals surface area contributed by atoms with Crippen LogP contribution in [-0.4, -0.2) is 30.7 Å². The molecule has 0 aliphatic carbocycles. The van der Waals surface area contributed by atoms with E-state index in [1.807, 2.05) is 0 Å². The Bertz CT molecular complexity index is 398. The normalized spacial score (nSPS) is 15.9. The Morgan fingerprint density at radius 1 is 0.636 bits per heavy atom. The standard InChI is InChI=1S/C10H22O6S4.2H3N/c11-19(12,17)15-9-7-5-3-1-2-4-6-8-10-16-20(13,14)18;;/h1-10H2,(H,11,12,17)(H,13,14,18);2*1H3. The SMILES string of the molecule is N.N.O=S(O)(=S)OCCCCCCCCCCOS(=O)(O)=S. The van der Waals surface area contributed by atoms with E-state index in [1.54, 1.807) is 0 Å². The van der Waals surface area contributed by atoms with Gasteiger partial charge < -0.3 is 12.3 Å². The van der Waals surface area contributed by atoms with Crippen LogP contribution in [0.3, 0.4) is 0 Å². The second-order valence-corrected chi connectivity index (χ2v) is 9.04. The van der Waals surface area contributed by atoms with Gasteiger partial charge in [0.1, 0.15) is 0 Å². The quantitative estimate of drug-likeness (QED) is 0.338. The lowest BCUT2D eigenvalue weighted by Gasteiger charge is -2.04. The van der Waals surface area contributed by atoms with E-state index >= 15 is 0 Å². The first-order valence-electron chi connectivity index (χ1n) is 6.44. The topological polar surface area (TPSA) is 163 Å². The Balaban J connectivity index is -0.00000180. The Morgan fingerprint density at radius 3 is 1.09 bits per heavy atom. The van der Waals surface area contributed by atoms with Crippen molar-refractivity contribution in [2.24, 2.45) is 0 Å². The largest absolute Gasteiger partial charge is 0.344 e. The second-order valence-electron chi connectivity index (χ2n) is 4.33. The van der Waals surface area contributed by atoms with Crippen molar-refractivity contribution in [1.29, 1.82) is 0 Å². The maximum Gasteiger partial charge on any atom is 0.266 e. The maximum atomic E-state index is 10.6. The highest BCUT2D eigenvalue weighted by atomic mass is 32.9. The van der Waals surface area contributed by atoms with Crippen LogP contribution in [0.5, 0.6) is 0 Å². The van der Waals surface area contributed by atoms with Crippen LogP contribution in [0.25, 0.3) is 0 Å². The fourth-order valence-corrected chi connectivity index (χ4v) is 2.66. The zero-order chi connectivity index (χ0) is 15.5. The second kappa shape index (κ2) is 15.1. The molecule has 138 valence electrons. The van der Waals surface area contributed by atoms with Gasteiger partial charge in [0.15, 0.2) is 0 Å². The third-order valence-corrected chi connectivity index (χ3v) is 4.01. The van der Waals surface area contributed by atoms with E-state index < -0.39 is 18.1 Å². The van der Waals surface area contributed by atoms with Gasteiger partial charge in [-0.2, -0.15) is 8.42 Å². The summed E-state index contributed by atoms with van der Waals surface area (Å²) in [5.74, 6) is 0. The summed E-state index contributed by atoms with van der Waals surface area (Å²) in [7, 11) is -6.94. The van der Waals surface area contributed by atoms with E-state index in [0.717, 1.165) is 51.4 Å². The van der Waals surface area contributed by atoms with Crippen LogP contribution in [0.4, 0.5) is 0 Å². The van der Waals surface area contributed by atoms with Gasteiger partial charge in [-0.1, -0.05) is 38.5 Å². The van der Waals surface area contributed by atoms with E-state index in [2.05, 4.69) is 30.7 Å². The van der Waals surface area contributed by atoms with Gasteiger partial charge in [-0.3, -0.25) is 17.5 Å². The van der Waals surface area contributed by atoms with E-state index in [0.29, 0.717) is 0 Å². The first-order valence-corrected chi connectivity index (χ1v) is 11.2. The molecule has 0 aliphatic rings. The highest BCUT2D eigenvalue weighted by Gasteiger charge is 2.00. The molecule has 2 unspecified atom stereocenters. The van der Waals surface area contributed by atoms with Crippen LogP contribution >= 0.6 is 0 Å². The molecule has 0 saturated heterocycles. The lowest BCUT2D eigenvalue weighted by molar-refractivity contribution is 0.291. The summed E-state index contributed by atoms with van der Waals surface area (Å²) < 4.78 is 47.7. The molecule has 8 N–H and O–H groups in total. The number of unbranched alkanes of at least 4 members (excludes halogenated alkanes) is 7. The van der Waals surface area contributed by atoms with Gasteiger partial charge in [-0.05, 0) is 12.8 Å². The number of hydrogen-bond acceptors (Lipinski definition) is 8. The van der Waals surface area contributed by atoms with Crippen LogP contribution in [0.15, 0.2) is 0 Å². The molecule has 0 radical (unpaired) electrons. The minimum absolute atomic E-state index is 0. The highest BCUT2D eigenvalue weighted by Crippen LogP contribution is 2.09. The fraction of sp³-hybridized carbons (Fsp3) is 1.00. The molecule has 12 heteroatoms. The molecule has 22 heavy (non-hydrogen) atoms. The minimum atomic E-state index is -3.47. The average Bonchev–Trinajstić information content (AvgIpc) is 2.27. The summed E-state index contributed by atoms with van der Waals surface area (Å²) in [5, 5.41) is 0. The fourth-order valence-electron chi connectivity index (χ4n) is 1.59. The van der Waals surface area contributed by atoms with Crippen molar-refractivity contribution in [3.8, 4) is 0 Å². The predicted octanol–water partition coefficient (Wildman–Crippen LogP) is 2.73. The first-order chi connectivity index (χ1) is 9.21. The van der Waals surface area contributed by atoms with Gasteiger partial charge in [-0.15, -0.1) is 0 Å². The molecule has 2 atom stereocenters. The van der Waals surface area contributed by atoms with Crippen molar-refractivity contribution < 1.29 is 25.9 Å². The first kappa shape index (κ1) is 27.4. The molecule has 0 heterocycles. The van der Waals surface area contributed by atoms with E-state index in [1.165, 1.54) is 0 Å². The van der Waals surface area contributed by atoms with E-state index in [9.17, 15) is 8.42 Å². The van der Waals surface area contributed by atoms with Crippen molar-refractivity contribution in [2.45, 2.75) is 51.4 Å². The highest BCUT2D eigenvalue weighted by molar-refractivity contribution is 8.27. The predicted molar refractivity (Wildman–Crippen MR) is 95.2 cm³/mol. The van der Waals surface area contributed by atoms with Gasteiger partial charge in [-0.25, -0.2) is 0 Å². The van der Waals surface area contributed by atoms with Crippen LogP contribution in [0, 0.1) is 0 Å². The molecule has 0 fully saturated rings. The zero-order valence-electron chi connectivity index (χ0n) is 12.6. The molecule has 0 spiro atoms. The molecule has 0 aromatic rings. The molecular formula is C10H28N2O6S4. The molecule has 0 bridgehead atoms. The molecule has 0 aromatic carbocycles. The van der Waals surface area contributed by atoms with Crippen molar-refractivity contribution >= 4 is 40.5 Å². The summed E-state index contributed by atoms with van der Waals surface area (Å²) in [6, 6.07) is 0. The molecule has 0 rings (SSSR count). The van der Waals surface area contributed by atoms with Gasteiger partial charge in [0.2, 0.25) is 0 Å². The molecule has 0 saturated carbocycles. The molecular weight excluding hydrogens is 372 g/mol. The number of hydrogen-bond donors (Lipinski definition) is 4. The number of rotatable bonds is 13. The monoisotopic (exact) mass is 400 g/mol. The summed E-state index contributed by atoms with van der Waals surface area (Å²) in [6.07, 6.45) is 7.59. The summed E-state index contributed by atoms with van der Waals surface area (Å²) in [6.45, 7) is 0.440. The summed E-state index contributed by atoms with van der Waals surface area (Å²) in [5.41, 5.74) is 0. The van der Waals surface area contributed by atoms with Crippen molar-refractivity contribution in [3.63, 3.8) is 0 Å². The van der Waals surface area contributed by atoms with E-state index in [-0.39, 0.29) is 25.5 Å². The smallest absolute Gasteiger partial charge is 0.266 e. The zero-order valence-corrected chi connectivity index (χ0v) is 15.9. The minimum Gasteiger partial charge on any atom is -0.344 e. The lowest BCUT2D eigenvalue weighted by Crippen LogP contribution is -2.03. The Labute approximate surface area is 143 Å². The Morgan fingerprint density at radius 2 is 0.864 bits per heavy atom. The lowest BCUT2D eigenvalue weighted by atomic mass is 10.1. The van der Waals surface area contributed by atoms with E-state index in [4.69, 9.17) is 9.11 Å². The Kier molecular flexibility index (Phi) is 18.7. The van der Waals surface area contributed by atoms with Gasteiger partial charge in [0, 0.05) is 22.4 Å². The van der Waals surface area contributed by atoms with Crippen LogP contribution < -0.4 is 12.3 Å².